The van der Waals surface area contributed by atoms with Crippen LogP contribution in [-0.2, 0) is 6.54 Å². The van der Waals surface area contributed by atoms with E-state index in [1.165, 1.54) is 21.5 Å². The number of unbranched alkanes of at least 4 members (excludes halogenated alkanes) is 1. The third-order valence-electron chi connectivity index (χ3n) is 3.94. The molecule has 21 heavy (non-hydrogen) atoms. The molecule has 0 saturated heterocycles. The van der Waals surface area contributed by atoms with Crippen LogP contribution in [0.4, 0.5) is 0 Å². The first kappa shape index (κ1) is 14.3. The van der Waals surface area contributed by atoms with E-state index in [9.17, 15) is 0 Å². The Labute approximate surface area is 129 Å². The standard InChI is InChI=1S/C17H21N3S/c1-12-10-14-15(11-13(12)2)20(8-4-3-7-18)17(19-14)16-6-5-9-21-16/h5-6,9-11H,3-4,7-8,18H2,1-2H3. The number of hydrogen-bond donors (Lipinski definition) is 1. The van der Waals surface area contributed by atoms with Crippen LogP contribution in [0.15, 0.2) is 29.6 Å². The van der Waals surface area contributed by atoms with Gasteiger partial charge in [0, 0.05) is 6.54 Å². The number of rotatable bonds is 5. The minimum absolute atomic E-state index is 0.749. The smallest absolute Gasteiger partial charge is 0.151 e. The van der Waals surface area contributed by atoms with Crippen LogP contribution in [0.2, 0.25) is 0 Å². The summed E-state index contributed by atoms with van der Waals surface area (Å²) in [5.74, 6) is 1.09. The zero-order chi connectivity index (χ0) is 14.8. The molecule has 3 aromatic rings. The van der Waals surface area contributed by atoms with Crippen molar-refractivity contribution < 1.29 is 0 Å². The third kappa shape index (κ3) is 2.74. The maximum absolute atomic E-state index is 5.63. The summed E-state index contributed by atoms with van der Waals surface area (Å²) in [6, 6.07) is 8.68. The van der Waals surface area contributed by atoms with Gasteiger partial charge in [-0.05, 0) is 67.9 Å². The van der Waals surface area contributed by atoms with E-state index in [0.717, 1.165) is 37.3 Å². The highest BCUT2D eigenvalue weighted by Gasteiger charge is 2.14. The summed E-state index contributed by atoms with van der Waals surface area (Å²) in [6.07, 6.45) is 2.14. The lowest BCUT2D eigenvalue weighted by Crippen LogP contribution is -2.04. The third-order valence-corrected chi connectivity index (χ3v) is 4.81. The van der Waals surface area contributed by atoms with Gasteiger partial charge in [0.1, 0.15) is 0 Å². The van der Waals surface area contributed by atoms with Gasteiger partial charge in [-0.1, -0.05) is 6.07 Å². The lowest BCUT2D eigenvalue weighted by Gasteiger charge is -2.08. The Balaban J connectivity index is 2.13. The molecular weight excluding hydrogens is 278 g/mol. The average Bonchev–Trinajstić information content (AvgIpc) is 3.09. The average molecular weight is 299 g/mol. The number of aryl methyl sites for hydroxylation is 3. The molecule has 0 bridgehead atoms. The minimum atomic E-state index is 0.749. The predicted molar refractivity (Wildman–Crippen MR) is 90.8 cm³/mol. The topological polar surface area (TPSA) is 43.8 Å². The summed E-state index contributed by atoms with van der Waals surface area (Å²) < 4.78 is 2.35. The van der Waals surface area contributed by atoms with Gasteiger partial charge in [-0.25, -0.2) is 4.98 Å². The highest BCUT2D eigenvalue weighted by Crippen LogP contribution is 2.30. The predicted octanol–water partition coefficient (Wildman–Crippen LogP) is 4.12. The molecule has 2 N–H and O–H groups in total. The molecule has 0 aliphatic heterocycles. The molecule has 2 aromatic heterocycles. The van der Waals surface area contributed by atoms with Gasteiger partial charge < -0.3 is 10.3 Å². The maximum Gasteiger partial charge on any atom is 0.151 e. The monoisotopic (exact) mass is 299 g/mol. The normalized spacial score (nSPS) is 11.4. The second-order valence-electron chi connectivity index (χ2n) is 5.49. The van der Waals surface area contributed by atoms with Crippen molar-refractivity contribution in [2.24, 2.45) is 5.73 Å². The fourth-order valence-electron chi connectivity index (χ4n) is 2.61. The number of imidazole rings is 1. The molecule has 1 aromatic carbocycles. The fourth-order valence-corrected chi connectivity index (χ4v) is 3.34. The van der Waals surface area contributed by atoms with Crippen molar-refractivity contribution in [3.63, 3.8) is 0 Å². The Kier molecular flexibility index (Phi) is 4.08. The van der Waals surface area contributed by atoms with E-state index in [0.29, 0.717) is 0 Å². The molecule has 0 saturated carbocycles. The number of hydrogen-bond acceptors (Lipinski definition) is 3. The Morgan fingerprint density at radius 1 is 1.19 bits per heavy atom. The van der Waals surface area contributed by atoms with Crippen LogP contribution in [-0.4, -0.2) is 16.1 Å². The number of nitrogens with zero attached hydrogens (tertiary/aromatic N) is 2. The van der Waals surface area contributed by atoms with Gasteiger partial charge in [0.15, 0.2) is 5.82 Å². The van der Waals surface area contributed by atoms with Crippen molar-refractivity contribution in [1.29, 1.82) is 0 Å². The SMILES string of the molecule is Cc1cc2nc(-c3cccs3)n(CCCCN)c2cc1C. The van der Waals surface area contributed by atoms with Gasteiger partial charge in [-0.3, -0.25) is 0 Å². The highest BCUT2D eigenvalue weighted by molar-refractivity contribution is 7.13. The van der Waals surface area contributed by atoms with E-state index in [-0.39, 0.29) is 0 Å². The summed E-state index contributed by atoms with van der Waals surface area (Å²) in [5.41, 5.74) is 10.6. The summed E-state index contributed by atoms with van der Waals surface area (Å²) in [6.45, 7) is 6.03. The summed E-state index contributed by atoms with van der Waals surface area (Å²) in [4.78, 5) is 6.11. The van der Waals surface area contributed by atoms with Gasteiger partial charge in [0.2, 0.25) is 0 Å². The Morgan fingerprint density at radius 2 is 2.00 bits per heavy atom. The van der Waals surface area contributed by atoms with Crippen LogP contribution in [0.25, 0.3) is 21.7 Å². The molecule has 3 rings (SSSR count). The number of nitrogens with two attached hydrogens (primary N) is 1. The Hall–Kier alpha value is -1.65. The van der Waals surface area contributed by atoms with Crippen molar-refractivity contribution in [3.05, 3.63) is 40.8 Å². The van der Waals surface area contributed by atoms with Crippen LogP contribution >= 0.6 is 11.3 Å². The molecule has 0 fully saturated rings. The lowest BCUT2D eigenvalue weighted by molar-refractivity contribution is 0.632. The summed E-state index contributed by atoms with van der Waals surface area (Å²) >= 11 is 1.75. The van der Waals surface area contributed by atoms with E-state index in [4.69, 9.17) is 10.7 Å². The van der Waals surface area contributed by atoms with Crippen LogP contribution < -0.4 is 5.73 Å². The van der Waals surface area contributed by atoms with E-state index in [1.54, 1.807) is 11.3 Å². The van der Waals surface area contributed by atoms with E-state index in [2.05, 4.69) is 48.1 Å². The van der Waals surface area contributed by atoms with Crippen molar-refractivity contribution in [1.82, 2.24) is 9.55 Å². The van der Waals surface area contributed by atoms with Crippen molar-refractivity contribution >= 4 is 22.4 Å². The zero-order valence-electron chi connectivity index (χ0n) is 12.6. The minimum Gasteiger partial charge on any atom is -0.330 e. The van der Waals surface area contributed by atoms with Crippen molar-refractivity contribution in [3.8, 4) is 10.7 Å². The number of fused-ring (bicyclic) bond motifs is 1. The van der Waals surface area contributed by atoms with Crippen LogP contribution in [0.1, 0.15) is 24.0 Å². The molecule has 0 aliphatic carbocycles. The Bertz CT molecular complexity index is 741. The lowest BCUT2D eigenvalue weighted by atomic mass is 10.1. The van der Waals surface area contributed by atoms with Crippen LogP contribution in [0, 0.1) is 13.8 Å². The summed E-state index contributed by atoms with van der Waals surface area (Å²) in [5, 5.41) is 2.11. The first-order chi connectivity index (χ1) is 10.2. The number of thiophene rings is 1. The Morgan fingerprint density at radius 3 is 2.71 bits per heavy atom. The fraction of sp³-hybridized carbons (Fsp3) is 0.353. The molecule has 0 radical (unpaired) electrons. The molecular formula is C17H21N3S. The van der Waals surface area contributed by atoms with E-state index in [1.807, 2.05) is 0 Å². The molecule has 0 atom stereocenters. The first-order valence-corrected chi connectivity index (χ1v) is 8.30. The van der Waals surface area contributed by atoms with Gasteiger partial charge in [0.25, 0.3) is 0 Å². The van der Waals surface area contributed by atoms with Gasteiger partial charge in [-0.2, -0.15) is 0 Å². The summed E-state index contributed by atoms with van der Waals surface area (Å²) in [7, 11) is 0. The first-order valence-electron chi connectivity index (χ1n) is 7.42. The van der Waals surface area contributed by atoms with Gasteiger partial charge in [0.05, 0.1) is 15.9 Å². The quantitative estimate of drug-likeness (QED) is 0.720. The number of benzene rings is 1. The van der Waals surface area contributed by atoms with E-state index < -0.39 is 0 Å². The molecule has 0 aliphatic rings. The van der Waals surface area contributed by atoms with Gasteiger partial charge in [-0.15, -0.1) is 11.3 Å². The second kappa shape index (κ2) is 6.00. The molecule has 110 valence electrons. The van der Waals surface area contributed by atoms with Crippen molar-refractivity contribution in [2.75, 3.05) is 6.54 Å². The van der Waals surface area contributed by atoms with E-state index >= 15 is 0 Å². The van der Waals surface area contributed by atoms with Gasteiger partial charge >= 0.3 is 0 Å². The second-order valence-corrected chi connectivity index (χ2v) is 6.43. The molecule has 4 heteroatoms. The highest BCUT2D eigenvalue weighted by atomic mass is 32.1. The number of aromatic nitrogens is 2. The molecule has 0 spiro atoms. The zero-order valence-corrected chi connectivity index (χ0v) is 13.4. The maximum atomic E-state index is 5.63. The van der Waals surface area contributed by atoms with Crippen LogP contribution in [0.3, 0.4) is 0 Å². The molecule has 2 heterocycles. The molecule has 0 unspecified atom stereocenters. The largest absolute Gasteiger partial charge is 0.330 e. The van der Waals surface area contributed by atoms with Crippen LogP contribution in [0.5, 0.6) is 0 Å². The molecule has 0 amide bonds. The molecule has 3 nitrogen and oxygen atoms in total. The van der Waals surface area contributed by atoms with Crippen molar-refractivity contribution in [2.45, 2.75) is 33.2 Å².